The minimum atomic E-state index is -0.768. The van der Waals surface area contributed by atoms with Gasteiger partial charge in [0, 0.05) is 18.7 Å². The van der Waals surface area contributed by atoms with Gasteiger partial charge < -0.3 is 29.1 Å². The predicted octanol–water partition coefficient (Wildman–Crippen LogP) is 3.87. The van der Waals surface area contributed by atoms with E-state index in [1.165, 1.54) is 4.90 Å². The van der Waals surface area contributed by atoms with Crippen LogP contribution in [0.3, 0.4) is 0 Å². The average Bonchev–Trinajstić information content (AvgIpc) is 3.11. The maximum Gasteiger partial charge on any atom is 0.295 e. The van der Waals surface area contributed by atoms with Gasteiger partial charge in [-0.25, -0.2) is 0 Å². The summed E-state index contributed by atoms with van der Waals surface area (Å²) < 4.78 is 16.8. The van der Waals surface area contributed by atoms with Crippen LogP contribution >= 0.6 is 0 Å². The Morgan fingerprint density at radius 1 is 1.03 bits per heavy atom. The number of methoxy groups -OCH3 is 1. The van der Waals surface area contributed by atoms with Gasteiger partial charge in [-0.3, -0.25) is 9.59 Å². The predicted molar refractivity (Wildman–Crippen MR) is 134 cm³/mol. The second-order valence-electron chi connectivity index (χ2n) is 8.51. The van der Waals surface area contributed by atoms with Gasteiger partial charge in [0.2, 0.25) is 0 Å². The van der Waals surface area contributed by atoms with Crippen molar-refractivity contribution in [2.24, 2.45) is 0 Å². The number of aliphatic hydroxyl groups is 1. The minimum absolute atomic E-state index is 0.0437. The van der Waals surface area contributed by atoms with E-state index in [9.17, 15) is 14.7 Å². The van der Waals surface area contributed by atoms with E-state index in [4.69, 9.17) is 14.2 Å². The number of likely N-dealkylation sites (tertiary alicyclic amines) is 1. The molecule has 1 heterocycles. The standard InChI is InChI=1S/C27H34N2O6/c1-6-16-35-21-13-10-19(17-22(21)33-5)24-23(26(31)27(32)29(24)15-14-28(3)4)25(30)18-8-11-20(12-9-18)34-7-2/h8-13,17,24,30H,6-7,14-16H2,1-5H3/b25-23-. The Bertz CT molecular complexity index is 1080. The molecule has 8 heteroatoms. The number of amides is 1. The Morgan fingerprint density at radius 3 is 2.34 bits per heavy atom. The Labute approximate surface area is 206 Å². The van der Waals surface area contributed by atoms with E-state index in [1.807, 2.05) is 32.8 Å². The number of aliphatic hydroxyl groups excluding tert-OH is 1. The smallest absolute Gasteiger partial charge is 0.295 e. The van der Waals surface area contributed by atoms with E-state index in [1.54, 1.807) is 49.6 Å². The van der Waals surface area contributed by atoms with Gasteiger partial charge in [-0.15, -0.1) is 0 Å². The highest BCUT2D eigenvalue weighted by Gasteiger charge is 2.46. The third-order valence-corrected chi connectivity index (χ3v) is 5.73. The maximum atomic E-state index is 13.2. The molecule has 0 spiro atoms. The molecule has 1 aliphatic rings. The molecule has 1 aliphatic heterocycles. The lowest BCUT2D eigenvalue weighted by molar-refractivity contribution is -0.140. The van der Waals surface area contributed by atoms with Crippen molar-refractivity contribution in [1.29, 1.82) is 0 Å². The van der Waals surface area contributed by atoms with Gasteiger partial charge >= 0.3 is 0 Å². The fourth-order valence-electron chi connectivity index (χ4n) is 3.98. The van der Waals surface area contributed by atoms with Crippen molar-refractivity contribution < 1.29 is 28.9 Å². The van der Waals surface area contributed by atoms with Crippen molar-refractivity contribution in [3.8, 4) is 17.2 Å². The first-order valence-corrected chi connectivity index (χ1v) is 11.8. The third kappa shape index (κ3) is 5.77. The summed E-state index contributed by atoms with van der Waals surface area (Å²) >= 11 is 0. The molecule has 0 radical (unpaired) electrons. The average molecular weight is 483 g/mol. The quantitative estimate of drug-likeness (QED) is 0.296. The molecule has 1 amide bonds. The van der Waals surface area contributed by atoms with Crippen LogP contribution in [0, 0.1) is 0 Å². The van der Waals surface area contributed by atoms with Gasteiger partial charge in [0.25, 0.3) is 11.7 Å². The first kappa shape index (κ1) is 26.1. The number of nitrogens with zero attached hydrogens (tertiary/aromatic N) is 2. The zero-order valence-corrected chi connectivity index (χ0v) is 21.0. The van der Waals surface area contributed by atoms with Crippen LogP contribution in [0.15, 0.2) is 48.0 Å². The van der Waals surface area contributed by atoms with Crippen LogP contribution in [0.5, 0.6) is 17.2 Å². The Balaban J connectivity index is 2.11. The van der Waals surface area contributed by atoms with Crippen molar-refractivity contribution in [3.63, 3.8) is 0 Å². The van der Waals surface area contributed by atoms with E-state index in [0.717, 1.165) is 6.42 Å². The zero-order valence-electron chi connectivity index (χ0n) is 21.0. The second kappa shape index (κ2) is 11.8. The third-order valence-electron chi connectivity index (χ3n) is 5.73. The summed E-state index contributed by atoms with van der Waals surface area (Å²) in [6.07, 6.45) is 0.845. The monoisotopic (exact) mass is 482 g/mol. The number of carbonyl (C=O) groups is 2. The van der Waals surface area contributed by atoms with E-state index < -0.39 is 17.7 Å². The highest BCUT2D eigenvalue weighted by molar-refractivity contribution is 6.46. The van der Waals surface area contributed by atoms with Gasteiger partial charge in [-0.1, -0.05) is 13.0 Å². The topological polar surface area (TPSA) is 88.5 Å². The number of hydrogen-bond donors (Lipinski definition) is 1. The molecule has 0 aromatic heterocycles. The number of ether oxygens (including phenoxy) is 3. The van der Waals surface area contributed by atoms with E-state index in [2.05, 4.69) is 0 Å². The van der Waals surface area contributed by atoms with Crippen molar-refractivity contribution in [2.75, 3.05) is 47.5 Å². The van der Waals surface area contributed by atoms with Crippen LogP contribution < -0.4 is 14.2 Å². The van der Waals surface area contributed by atoms with Gasteiger partial charge in [0.1, 0.15) is 11.5 Å². The molecular weight excluding hydrogens is 448 g/mol. The molecule has 1 fully saturated rings. The van der Waals surface area contributed by atoms with Crippen molar-refractivity contribution >= 4 is 17.4 Å². The lowest BCUT2D eigenvalue weighted by Crippen LogP contribution is -2.35. The molecule has 2 aromatic carbocycles. The fourth-order valence-corrected chi connectivity index (χ4v) is 3.98. The molecule has 2 aromatic rings. The molecule has 3 rings (SSSR count). The minimum Gasteiger partial charge on any atom is -0.507 e. The fraction of sp³-hybridized carbons (Fsp3) is 0.407. The number of hydrogen-bond acceptors (Lipinski definition) is 7. The summed E-state index contributed by atoms with van der Waals surface area (Å²) in [5, 5.41) is 11.2. The lowest BCUT2D eigenvalue weighted by atomic mass is 9.95. The summed E-state index contributed by atoms with van der Waals surface area (Å²) in [6, 6.07) is 11.4. The molecule has 35 heavy (non-hydrogen) atoms. The van der Waals surface area contributed by atoms with Crippen LogP contribution in [-0.2, 0) is 9.59 Å². The largest absolute Gasteiger partial charge is 0.507 e. The molecule has 1 N–H and O–H groups in total. The van der Waals surface area contributed by atoms with E-state index in [0.29, 0.717) is 54.7 Å². The summed E-state index contributed by atoms with van der Waals surface area (Å²) in [7, 11) is 5.34. The van der Waals surface area contributed by atoms with Crippen molar-refractivity contribution in [2.45, 2.75) is 26.3 Å². The lowest BCUT2D eigenvalue weighted by Gasteiger charge is -2.27. The highest BCUT2D eigenvalue weighted by Crippen LogP contribution is 2.42. The molecule has 1 unspecified atom stereocenters. The van der Waals surface area contributed by atoms with Crippen molar-refractivity contribution in [3.05, 3.63) is 59.2 Å². The van der Waals surface area contributed by atoms with Crippen LogP contribution in [0.2, 0.25) is 0 Å². The number of carbonyl (C=O) groups excluding carboxylic acids is 2. The number of ketones is 1. The Hall–Kier alpha value is -3.52. The SMILES string of the molecule is CCCOc1ccc(C2/C(=C(/O)c3ccc(OCC)cc3)C(=O)C(=O)N2CCN(C)C)cc1OC. The first-order valence-electron chi connectivity index (χ1n) is 11.8. The molecule has 8 nitrogen and oxygen atoms in total. The van der Waals surface area contributed by atoms with Gasteiger partial charge in [-0.05, 0) is 69.4 Å². The zero-order chi connectivity index (χ0) is 25.5. The molecule has 0 bridgehead atoms. The first-order chi connectivity index (χ1) is 16.8. The molecule has 1 atom stereocenters. The van der Waals surface area contributed by atoms with Crippen LogP contribution in [-0.4, -0.2) is 74.1 Å². The summed E-state index contributed by atoms with van der Waals surface area (Å²) in [6.45, 7) is 5.83. The molecule has 0 saturated carbocycles. The summed E-state index contributed by atoms with van der Waals surface area (Å²) in [5.74, 6) is 0.138. The molecular formula is C27H34N2O6. The number of benzene rings is 2. The Morgan fingerprint density at radius 2 is 1.74 bits per heavy atom. The van der Waals surface area contributed by atoms with Crippen LogP contribution in [0.25, 0.3) is 5.76 Å². The second-order valence-corrected chi connectivity index (χ2v) is 8.51. The summed E-state index contributed by atoms with van der Waals surface area (Å²) in [5.41, 5.74) is 1.12. The van der Waals surface area contributed by atoms with Gasteiger partial charge in [0.15, 0.2) is 11.5 Å². The van der Waals surface area contributed by atoms with Gasteiger partial charge in [0.05, 0.1) is 31.9 Å². The number of likely N-dealkylation sites (N-methyl/N-ethyl adjacent to an activating group) is 1. The van der Waals surface area contributed by atoms with E-state index in [-0.39, 0.29) is 11.3 Å². The number of Topliss-reactive ketones (excluding diaryl/α,β-unsaturated/α-hetero) is 1. The van der Waals surface area contributed by atoms with Crippen molar-refractivity contribution in [1.82, 2.24) is 9.80 Å². The molecule has 188 valence electrons. The molecule has 1 saturated heterocycles. The van der Waals surface area contributed by atoms with E-state index >= 15 is 0 Å². The van der Waals surface area contributed by atoms with Crippen LogP contribution in [0.1, 0.15) is 37.4 Å². The summed E-state index contributed by atoms with van der Waals surface area (Å²) in [4.78, 5) is 29.7. The normalized spacial score (nSPS) is 17.2. The highest BCUT2D eigenvalue weighted by atomic mass is 16.5. The Kier molecular flexibility index (Phi) is 8.76. The van der Waals surface area contributed by atoms with Gasteiger partial charge in [-0.2, -0.15) is 0 Å². The van der Waals surface area contributed by atoms with Crippen LogP contribution in [0.4, 0.5) is 0 Å². The number of rotatable bonds is 11. The molecule has 0 aliphatic carbocycles. The maximum absolute atomic E-state index is 13.2.